The Kier molecular flexibility index (Phi) is 7.42. The maximum Gasteiger partial charge on any atom is 0.266 e. The molecule has 0 saturated carbocycles. The standard InChI is InChI=1S/C27H29N3O5S/c1-5-18-29(36(32,33)21-16-14-20(34-3)15-17-21)19(2)26-28-23-11-7-6-10-22(23)27(31)30(26)24-12-8-9-13-25(24)35-4/h6-17,19H,5,18H2,1-4H3. The molecule has 0 N–H and O–H groups in total. The van der Waals surface area contributed by atoms with Gasteiger partial charge in [-0.3, -0.25) is 9.36 Å². The molecule has 0 aliphatic rings. The fourth-order valence-electron chi connectivity index (χ4n) is 4.23. The lowest BCUT2D eigenvalue weighted by Gasteiger charge is -2.29. The van der Waals surface area contributed by atoms with Crippen molar-refractivity contribution in [1.29, 1.82) is 0 Å². The molecule has 0 spiro atoms. The smallest absolute Gasteiger partial charge is 0.266 e. The molecule has 9 heteroatoms. The summed E-state index contributed by atoms with van der Waals surface area (Å²) in [6, 6.07) is 19.7. The van der Waals surface area contributed by atoms with E-state index in [1.165, 1.54) is 35.2 Å². The number of methoxy groups -OCH3 is 2. The number of sulfonamides is 1. The van der Waals surface area contributed by atoms with Crippen LogP contribution in [0.1, 0.15) is 32.1 Å². The Morgan fingerprint density at radius 2 is 1.61 bits per heavy atom. The van der Waals surface area contributed by atoms with Crippen LogP contribution >= 0.6 is 0 Å². The number of hydrogen-bond donors (Lipinski definition) is 0. The molecule has 0 aliphatic carbocycles. The molecular weight excluding hydrogens is 478 g/mol. The van der Waals surface area contributed by atoms with Crippen LogP contribution in [0, 0.1) is 0 Å². The van der Waals surface area contributed by atoms with E-state index in [-0.39, 0.29) is 17.0 Å². The molecule has 0 radical (unpaired) electrons. The number of aromatic nitrogens is 2. The van der Waals surface area contributed by atoms with E-state index in [2.05, 4.69) is 0 Å². The van der Waals surface area contributed by atoms with E-state index >= 15 is 0 Å². The van der Waals surface area contributed by atoms with E-state index in [0.29, 0.717) is 40.3 Å². The molecule has 1 heterocycles. The highest BCUT2D eigenvalue weighted by atomic mass is 32.2. The number of benzene rings is 3. The van der Waals surface area contributed by atoms with Gasteiger partial charge in [0, 0.05) is 6.54 Å². The molecule has 1 atom stereocenters. The van der Waals surface area contributed by atoms with Gasteiger partial charge >= 0.3 is 0 Å². The monoisotopic (exact) mass is 507 g/mol. The zero-order valence-corrected chi connectivity index (χ0v) is 21.5. The summed E-state index contributed by atoms with van der Waals surface area (Å²) in [5.74, 6) is 1.34. The van der Waals surface area contributed by atoms with Gasteiger partial charge in [0.05, 0.1) is 41.7 Å². The van der Waals surface area contributed by atoms with Crippen molar-refractivity contribution in [2.75, 3.05) is 20.8 Å². The predicted molar refractivity (Wildman–Crippen MR) is 139 cm³/mol. The third-order valence-electron chi connectivity index (χ3n) is 6.04. The molecule has 0 bridgehead atoms. The fraction of sp³-hybridized carbons (Fsp3) is 0.259. The number of ether oxygens (including phenoxy) is 2. The summed E-state index contributed by atoms with van der Waals surface area (Å²) >= 11 is 0. The van der Waals surface area contributed by atoms with Crippen molar-refractivity contribution >= 4 is 20.9 Å². The van der Waals surface area contributed by atoms with Crippen molar-refractivity contribution < 1.29 is 17.9 Å². The lowest BCUT2D eigenvalue weighted by atomic mass is 10.2. The lowest BCUT2D eigenvalue weighted by Crippen LogP contribution is -2.38. The highest BCUT2D eigenvalue weighted by Gasteiger charge is 2.33. The number of nitrogens with zero attached hydrogens (tertiary/aromatic N) is 3. The Bertz CT molecular complexity index is 1530. The van der Waals surface area contributed by atoms with E-state index in [9.17, 15) is 13.2 Å². The summed E-state index contributed by atoms with van der Waals surface area (Å²) in [5, 5.41) is 0.430. The van der Waals surface area contributed by atoms with Crippen LogP contribution in [0.5, 0.6) is 11.5 Å². The molecule has 3 aromatic carbocycles. The summed E-state index contributed by atoms with van der Waals surface area (Å²) in [6.45, 7) is 3.90. The predicted octanol–water partition coefficient (Wildman–Crippen LogP) is 4.56. The highest BCUT2D eigenvalue weighted by molar-refractivity contribution is 7.89. The molecule has 1 aromatic heterocycles. The van der Waals surface area contributed by atoms with Gasteiger partial charge in [-0.25, -0.2) is 13.4 Å². The maximum absolute atomic E-state index is 13.8. The average Bonchev–Trinajstić information content (AvgIpc) is 2.91. The van der Waals surface area contributed by atoms with Gasteiger partial charge < -0.3 is 9.47 Å². The second-order valence-electron chi connectivity index (χ2n) is 8.27. The maximum atomic E-state index is 13.8. The van der Waals surface area contributed by atoms with E-state index < -0.39 is 16.1 Å². The van der Waals surface area contributed by atoms with Crippen LogP contribution in [0.25, 0.3) is 16.6 Å². The van der Waals surface area contributed by atoms with Crippen LogP contribution < -0.4 is 15.0 Å². The fourth-order valence-corrected chi connectivity index (χ4v) is 5.92. The van der Waals surface area contributed by atoms with E-state index in [0.717, 1.165) is 0 Å². The second kappa shape index (κ2) is 10.5. The molecule has 0 aliphatic heterocycles. The Hall–Kier alpha value is -3.69. The normalized spacial score (nSPS) is 12.6. The minimum absolute atomic E-state index is 0.135. The summed E-state index contributed by atoms with van der Waals surface area (Å²) < 4.78 is 41.2. The molecule has 0 saturated heterocycles. The summed E-state index contributed by atoms with van der Waals surface area (Å²) in [6.07, 6.45) is 0.576. The van der Waals surface area contributed by atoms with Gasteiger partial charge in [-0.2, -0.15) is 4.31 Å². The van der Waals surface area contributed by atoms with Gasteiger partial charge in [-0.15, -0.1) is 0 Å². The number of fused-ring (bicyclic) bond motifs is 1. The van der Waals surface area contributed by atoms with E-state index in [1.54, 1.807) is 61.5 Å². The van der Waals surface area contributed by atoms with Crippen molar-refractivity contribution in [2.45, 2.75) is 31.2 Å². The topological polar surface area (TPSA) is 90.7 Å². The highest BCUT2D eigenvalue weighted by Crippen LogP contribution is 2.31. The first-order chi connectivity index (χ1) is 17.3. The average molecular weight is 508 g/mol. The van der Waals surface area contributed by atoms with Gasteiger partial charge in [-0.1, -0.05) is 31.2 Å². The Labute approximate surface area is 210 Å². The summed E-state index contributed by atoms with van der Waals surface area (Å²) in [7, 11) is -0.873. The van der Waals surface area contributed by atoms with E-state index in [4.69, 9.17) is 14.5 Å². The van der Waals surface area contributed by atoms with Crippen molar-refractivity contribution in [3.63, 3.8) is 0 Å². The largest absolute Gasteiger partial charge is 0.497 e. The SMILES string of the molecule is CCCN(C(C)c1nc2ccccc2c(=O)n1-c1ccccc1OC)S(=O)(=O)c1ccc(OC)cc1. The quantitative estimate of drug-likeness (QED) is 0.330. The Morgan fingerprint density at radius 1 is 0.944 bits per heavy atom. The Morgan fingerprint density at radius 3 is 2.28 bits per heavy atom. The molecule has 8 nitrogen and oxygen atoms in total. The van der Waals surface area contributed by atoms with Gasteiger partial charge in [0.25, 0.3) is 5.56 Å². The van der Waals surface area contributed by atoms with Crippen molar-refractivity contribution in [1.82, 2.24) is 13.9 Å². The van der Waals surface area contributed by atoms with Crippen molar-refractivity contribution in [3.05, 3.63) is 89.0 Å². The van der Waals surface area contributed by atoms with Crippen LogP contribution in [0.4, 0.5) is 0 Å². The first-order valence-corrected chi connectivity index (χ1v) is 13.1. The molecule has 1 unspecified atom stereocenters. The molecule has 188 valence electrons. The van der Waals surface area contributed by atoms with Gasteiger partial charge in [-0.05, 0) is 61.9 Å². The number of para-hydroxylation sites is 3. The third-order valence-corrected chi connectivity index (χ3v) is 8.03. The van der Waals surface area contributed by atoms with Crippen molar-refractivity contribution in [2.24, 2.45) is 0 Å². The molecule has 4 rings (SSSR count). The van der Waals surface area contributed by atoms with Crippen LogP contribution in [0.15, 0.2) is 82.5 Å². The van der Waals surface area contributed by atoms with Crippen LogP contribution in [0.2, 0.25) is 0 Å². The Balaban J connectivity index is 1.95. The van der Waals surface area contributed by atoms with Crippen LogP contribution in [0.3, 0.4) is 0 Å². The zero-order valence-electron chi connectivity index (χ0n) is 20.7. The third kappa shape index (κ3) is 4.59. The zero-order chi connectivity index (χ0) is 25.9. The first-order valence-electron chi connectivity index (χ1n) is 11.6. The van der Waals surface area contributed by atoms with E-state index in [1.807, 2.05) is 13.0 Å². The minimum Gasteiger partial charge on any atom is -0.497 e. The summed E-state index contributed by atoms with van der Waals surface area (Å²) in [4.78, 5) is 18.7. The van der Waals surface area contributed by atoms with Crippen LogP contribution in [-0.4, -0.2) is 43.0 Å². The molecule has 36 heavy (non-hydrogen) atoms. The molecule has 4 aromatic rings. The summed E-state index contributed by atoms with van der Waals surface area (Å²) in [5.41, 5.74) is 0.683. The van der Waals surface area contributed by atoms with Crippen molar-refractivity contribution in [3.8, 4) is 17.2 Å². The number of rotatable bonds is 9. The van der Waals surface area contributed by atoms with Crippen LogP contribution in [-0.2, 0) is 10.0 Å². The van der Waals surface area contributed by atoms with Gasteiger partial charge in [0.15, 0.2) is 0 Å². The second-order valence-corrected chi connectivity index (χ2v) is 10.2. The lowest BCUT2D eigenvalue weighted by molar-refractivity contribution is 0.326. The van der Waals surface area contributed by atoms with Gasteiger partial charge in [0.1, 0.15) is 17.3 Å². The molecular formula is C27H29N3O5S. The molecule has 0 fully saturated rings. The first kappa shape index (κ1) is 25.4. The minimum atomic E-state index is -3.93. The molecule has 0 amide bonds. The number of hydrogen-bond acceptors (Lipinski definition) is 6. The van der Waals surface area contributed by atoms with Gasteiger partial charge in [0.2, 0.25) is 10.0 Å².